The first-order valence-corrected chi connectivity index (χ1v) is 8.74. The Bertz CT molecular complexity index is 364. The van der Waals surface area contributed by atoms with Crippen LogP contribution in [0.5, 0.6) is 0 Å². The van der Waals surface area contributed by atoms with Crippen LogP contribution in [0, 0.1) is 5.92 Å². The first-order valence-electron chi connectivity index (χ1n) is 6.53. The van der Waals surface area contributed by atoms with Crippen molar-refractivity contribution in [2.24, 2.45) is 5.92 Å². The van der Waals surface area contributed by atoms with Gasteiger partial charge in [-0.1, -0.05) is 34.6 Å². The first-order chi connectivity index (χ1) is 8.34. The lowest BCUT2D eigenvalue weighted by Gasteiger charge is -2.18. The Hall–Kier alpha value is -0.0600. The topological polar surface area (TPSA) is 24.9 Å². The van der Waals surface area contributed by atoms with E-state index in [2.05, 4.69) is 46.2 Å². The Balaban J connectivity index is 2.80. The number of hydrogen-bond acceptors (Lipinski definition) is 4. The van der Waals surface area contributed by atoms with Crippen LogP contribution in [-0.2, 0) is 17.7 Å². The second kappa shape index (κ2) is 6.92. The van der Waals surface area contributed by atoms with Crippen molar-refractivity contribution < 1.29 is 0 Å². The summed E-state index contributed by atoms with van der Waals surface area (Å²) in [5, 5.41) is 4.79. The van der Waals surface area contributed by atoms with Crippen molar-refractivity contribution >= 4 is 23.1 Å². The molecule has 0 amide bonds. The molecule has 0 aliphatic carbocycles. The molecular weight excluding hydrogens is 260 g/mol. The highest BCUT2D eigenvalue weighted by atomic mass is 32.2. The van der Waals surface area contributed by atoms with Gasteiger partial charge < -0.3 is 5.32 Å². The quantitative estimate of drug-likeness (QED) is 0.854. The first kappa shape index (κ1) is 16.0. The lowest BCUT2D eigenvalue weighted by Crippen LogP contribution is -2.21. The summed E-state index contributed by atoms with van der Waals surface area (Å²) in [4.78, 5) is 6.24. The van der Waals surface area contributed by atoms with Crippen molar-refractivity contribution in [1.29, 1.82) is 0 Å². The lowest BCUT2D eigenvalue weighted by atomic mass is 9.91. The maximum absolute atomic E-state index is 4.83. The van der Waals surface area contributed by atoms with E-state index in [0.717, 1.165) is 18.8 Å². The molecule has 1 aromatic rings. The van der Waals surface area contributed by atoms with Crippen LogP contribution in [0.15, 0.2) is 0 Å². The number of rotatable bonds is 6. The van der Waals surface area contributed by atoms with E-state index in [4.69, 9.17) is 4.98 Å². The van der Waals surface area contributed by atoms with Crippen molar-refractivity contribution in [3.05, 3.63) is 15.6 Å². The van der Waals surface area contributed by atoms with Gasteiger partial charge in [-0.3, -0.25) is 0 Å². The van der Waals surface area contributed by atoms with Gasteiger partial charge in [0.25, 0.3) is 0 Å². The summed E-state index contributed by atoms with van der Waals surface area (Å²) in [6.45, 7) is 13.2. The molecule has 0 saturated heterocycles. The van der Waals surface area contributed by atoms with Gasteiger partial charge in [-0.15, -0.1) is 11.3 Å². The van der Waals surface area contributed by atoms with Gasteiger partial charge in [-0.25, -0.2) is 4.98 Å². The highest BCUT2D eigenvalue weighted by Gasteiger charge is 2.22. The molecule has 1 aromatic heterocycles. The smallest absolute Gasteiger partial charge is 0.103 e. The van der Waals surface area contributed by atoms with E-state index in [9.17, 15) is 0 Å². The van der Waals surface area contributed by atoms with Gasteiger partial charge in [0.15, 0.2) is 0 Å². The maximum Gasteiger partial charge on any atom is 0.103 e. The fourth-order valence-electron chi connectivity index (χ4n) is 1.77. The normalized spacial score (nSPS) is 12.4. The summed E-state index contributed by atoms with van der Waals surface area (Å²) in [7, 11) is 0. The fourth-order valence-corrected chi connectivity index (χ4v) is 3.71. The average molecular weight is 287 g/mol. The summed E-state index contributed by atoms with van der Waals surface area (Å²) in [6.07, 6.45) is 2.13. The van der Waals surface area contributed by atoms with Crippen molar-refractivity contribution in [2.75, 3.05) is 12.8 Å². The molecule has 1 heterocycles. The lowest BCUT2D eigenvalue weighted by molar-refractivity contribution is 0.534. The Morgan fingerprint density at radius 3 is 2.50 bits per heavy atom. The zero-order chi connectivity index (χ0) is 13.8. The predicted molar refractivity (Wildman–Crippen MR) is 84.6 cm³/mol. The summed E-state index contributed by atoms with van der Waals surface area (Å²) >= 11 is 3.71. The molecule has 0 bridgehead atoms. The zero-order valence-electron chi connectivity index (χ0n) is 12.5. The molecule has 0 saturated carbocycles. The van der Waals surface area contributed by atoms with E-state index in [1.165, 1.54) is 15.6 Å². The van der Waals surface area contributed by atoms with Crippen molar-refractivity contribution in [2.45, 2.75) is 52.3 Å². The Morgan fingerprint density at radius 1 is 1.33 bits per heavy atom. The second-order valence-electron chi connectivity index (χ2n) is 6.09. The number of thioether (sulfide) groups is 1. The van der Waals surface area contributed by atoms with Gasteiger partial charge in [-0.05, 0) is 18.7 Å². The highest BCUT2D eigenvalue weighted by Crippen LogP contribution is 2.30. The number of nitrogens with one attached hydrogen (secondary N) is 1. The van der Waals surface area contributed by atoms with Gasteiger partial charge in [0, 0.05) is 22.6 Å². The Labute approximate surface area is 120 Å². The minimum atomic E-state index is 0.141. The molecule has 0 atom stereocenters. The van der Waals surface area contributed by atoms with Crippen LogP contribution < -0.4 is 5.32 Å². The van der Waals surface area contributed by atoms with Crippen LogP contribution in [0.25, 0.3) is 0 Å². The summed E-state index contributed by atoms with van der Waals surface area (Å²) in [5.74, 6) is 1.72. The molecule has 0 aliphatic heterocycles. The predicted octanol–water partition coefficient (Wildman–Crippen LogP) is 4.05. The molecule has 104 valence electrons. The van der Waals surface area contributed by atoms with Crippen molar-refractivity contribution in [3.63, 3.8) is 0 Å². The number of hydrogen-bond donors (Lipinski definition) is 1. The molecule has 0 radical (unpaired) electrons. The SMILES string of the molecule is CSCc1nc(C(C)(C)C)c(CNCC(C)C)s1. The van der Waals surface area contributed by atoms with Crippen molar-refractivity contribution in [1.82, 2.24) is 10.3 Å². The van der Waals surface area contributed by atoms with Crippen LogP contribution in [0.2, 0.25) is 0 Å². The molecule has 1 N–H and O–H groups in total. The number of aromatic nitrogens is 1. The highest BCUT2D eigenvalue weighted by molar-refractivity contribution is 7.97. The third-order valence-corrected chi connectivity index (χ3v) is 4.36. The van der Waals surface area contributed by atoms with Crippen LogP contribution in [0.3, 0.4) is 0 Å². The van der Waals surface area contributed by atoms with Gasteiger partial charge in [0.2, 0.25) is 0 Å². The molecule has 0 unspecified atom stereocenters. The van der Waals surface area contributed by atoms with E-state index in [1.807, 2.05) is 23.1 Å². The fraction of sp³-hybridized carbons (Fsp3) is 0.786. The van der Waals surface area contributed by atoms with E-state index in [-0.39, 0.29) is 5.41 Å². The van der Waals surface area contributed by atoms with Gasteiger partial charge in [0.1, 0.15) is 5.01 Å². The monoisotopic (exact) mass is 286 g/mol. The molecule has 0 aromatic carbocycles. The number of thiazole rings is 1. The van der Waals surface area contributed by atoms with E-state index in [1.54, 1.807) is 0 Å². The maximum atomic E-state index is 4.83. The molecule has 0 fully saturated rings. The van der Waals surface area contributed by atoms with E-state index >= 15 is 0 Å². The summed E-state index contributed by atoms with van der Waals surface area (Å²) < 4.78 is 0. The molecule has 1 rings (SSSR count). The molecular formula is C14H26N2S2. The molecule has 0 spiro atoms. The summed E-state index contributed by atoms with van der Waals surface area (Å²) in [5.41, 5.74) is 1.41. The van der Waals surface area contributed by atoms with Gasteiger partial charge >= 0.3 is 0 Å². The van der Waals surface area contributed by atoms with Gasteiger partial charge in [-0.2, -0.15) is 11.8 Å². The third-order valence-electron chi connectivity index (χ3n) is 2.56. The standard InChI is InChI=1S/C14H26N2S2/c1-10(2)7-15-8-11-13(14(3,4)5)16-12(18-11)9-17-6/h10,15H,7-9H2,1-6H3. The minimum absolute atomic E-state index is 0.141. The molecule has 2 nitrogen and oxygen atoms in total. The van der Waals surface area contributed by atoms with Crippen LogP contribution in [0.1, 0.15) is 50.2 Å². The molecule has 18 heavy (non-hydrogen) atoms. The van der Waals surface area contributed by atoms with Gasteiger partial charge in [0.05, 0.1) is 5.69 Å². The Kier molecular flexibility index (Phi) is 6.15. The zero-order valence-corrected chi connectivity index (χ0v) is 14.1. The second-order valence-corrected chi connectivity index (χ2v) is 8.12. The largest absolute Gasteiger partial charge is 0.312 e. The van der Waals surface area contributed by atoms with Crippen molar-refractivity contribution in [3.8, 4) is 0 Å². The Morgan fingerprint density at radius 2 is 2.00 bits per heavy atom. The van der Waals surface area contributed by atoms with Crippen LogP contribution in [0.4, 0.5) is 0 Å². The van der Waals surface area contributed by atoms with E-state index in [0.29, 0.717) is 5.92 Å². The molecule has 4 heteroatoms. The number of nitrogens with zero attached hydrogens (tertiary/aromatic N) is 1. The summed E-state index contributed by atoms with van der Waals surface area (Å²) in [6, 6.07) is 0. The third kappa shape index (κ3) is 4.90. The minimum Gasteiger partial charge on any atom is -0.312 e. The van der Waals surface area contributed by atoms with Crippen LogP contribution >= 0.6 is 23.1 Å². The molecule has 0 aliphatic rings. The average Bonchev–Trinajstić information content (AvgIpc) is 2.61. The van der Waals surface area contributed by atoms with E-state index < -0.39 is 0 Å². The van der Waals surface area contributed by atoms with Crippen LogP contribution in [-0.4, -0.2) is 17.8 Å².